The van der Waals surface area contributed by atoms with Crippen molar-refractivity contribution in [3.63, 3.8) is 0 Å². The van der Waals surface area contributed by atoms with Gasteiger partial charge in [-0.05, 0) is 0 Å². The first-order valence-corrected chi connectivity index (χ1v) is 6.99. The fraction of sp³-hybridized carbons (Fsp3) is 0.417. The SMILES string of the molecule is CCC1CC(F)([Se]c2ccccc2)C(=O)O1. The Morgan fingerprint density at radius 1 is 1.50 bits per heavy atom. The Bertz CT molecular complexity index is 382. The predicted molar refractivity (Wildman–Crippen MR) is 60.5 cm³/mol. The number of hydrogen-bond donors (Lipinski definition) is 0. The molecule has 1 aromatic rings. The van der Waals surface area contributed by atoms with E-state index in [2.05, 4.69) is 0 Å². The molecule has 2 rings (SSSR count). The van der Waals surface area contributed by atoms with Gasteiger partial charge in [0.2, 0.25) is 0 Å². The summed E-state index contributed by atoms with van der Waals surface area (Å²) in [5.41, 5.74) is 0. The number of alkyl halides is 1. The molecule has 0 saturated carbocycles. The summed E-state index contributed by atoms with van der Waals surface area (Å²) in [5, 5.41) is 0. The first-order valence-electron chi connectivity index (χ1n) is 5.28. The van der Waals surface area contributed by atoms with Gasteiger partial charge in [-0.15, -0.1) is 0 Å². The molecule has 2 nitrogen and oxygen atoms in total. The molecule has 2 unspecified atom stereocenters. The molecule has 0 amide bonds. The Labute approximate surface area is 100 Å². The molecule has 0 aliphatic carbocycles. The van der Waals surface area contributed by atoms with Crippen molar-refractivity contribution in [2.24, 2.45) is 0 Å². The quantitative estimate of drug-likeness (QED) is 0.620. The minimum atomic E-state index is -1.77. The van der Waals surface area contributed by atoms with E-state index >= 15 is 0 Å². The molecule has 0 spiro atoms. The van der Waals surface area contributed by atoms with Crippen LogP contribution in [0.25, 0.3) is 0 Å². The number of ether oxygens (including phenoxy) is 1. The molecule has 1 aliphatic rings. The van der Waals surface area contributed by atoms with E-state index in [4.69, 9.17) is 4.74 Å². The number of rotatable bonds is 3. The third kappa shape index (κ3) is 2.28. The minimum absolute atomic E-state index is 0.206. The van der Waals surface area contributed by atoms with Gasteiger partial charge in [-0.1, -0.05) is 0 Å². The molecule has 0 radical (unpaired) electrons. The van der Waals surface area contributed by atoms with Crippen molar-refractivity contribution in [3.8, 4) is 0 Å². The van der Waals surface area contributed by atoms with Crippen LogP contribution in [0.1, 0.15) is 19.8 Å². The Morgan fingerprint density at radius 3 is 2.75 bits per heavy atom. The van der Waals surface area contributed by atoms with E-state index in [0.29, 0.717) is 6.42 Å². The van der Waals surface area contributed by atoms with Gasteiger partial charge >= 0.3 is 100 Å². The average molecular weight is 287 g/mol. The molecular formula is C12H13FO2Se. The van der Waals surface area contributed by atoms with E-state index < -0.39 is 25.5 Å². The molecule has 4 heteroatoms. The standard InChI is InChI=1S/C12H13FO2Se/c1-2-9-8-12(13,11(14)15-9)16-10-6-4-3-5-7-10/h3-7,9H,2,8H2,1H3. The fourth-order valence-corrected chi connectivity index (χ4v) is 3.88. The fourth-order valence-electron chi connectivity index (χ4n) is 1.64. The van der Waals surface area contributed by atoms with Gasteiger partial charge in [0, 0.05) is 0 Å². The molecule has 2 atom stereocenters. The average Bonchev–Trinajstić information content (AvgIpc) is 2.56. The van der Waals surface area contributed by atoms with Gasteiger partial charge in [0.15, 0.2) is 0 Å². The maximum absolute atomic E-state index is 14.4. The van der Waals surface area contributed by atoms with E-state index in [-0.39, 0.29) is 12.5 Å². The summed E-state index contributed by atoms with van der Waals surface area (Å²) in [6.07, 6.45) is 0.641. The van der Waals surface area contributed by atoms with E-state index in [0.717, 1.165) is 4.46 Å². The third-order valence-corrected chi connectivity index (χ3v) is 4.99. The Hall–Kier alpha value is -0.861. The van der Waals surface area contributed by atoms with Crippen molar-refractivity contribution in [1.29, 1.82) is 0 Å². The molecule has 0 N–H and O–H groups in total. The van der Waals surface area contributed by atoms with Crippen molar-refractivity contribution in [1.82, 2.24) is 0 Å². The number of cyclic esters (lactones) is 1. The molecule has 1 heterocycles. The van der Waals surface area contributed by atoms with Crippen LogP contribution >= 0.6 is 0 Å². The number of benzene rings is 1. The first kappa shape index (κ1) is 11.6. The van der Waals surface area contributed by atoms with E-state index in [1.54, 1.807) is 0 Å². The zero-order valence-corrected chi connectivity index (χ0v) is 10.7. The van der Waals surface area contributed by atoms with Crippen LogP contribution in [0.3, 0.4) is 0 Å². The molecule has 0 aromatic heterocycles. The van der Waals surface area contributed by atoms with Crippen molar-refractivity contribution in [2.75, 3.05) is 0 Å². The summed E-state index contributed by atoms with van der Waals surface area (Å²) < 4.78 is 18.5. The van der Waals surface area contributed by atoms with Gasteiger partial charge in [0.05, 0.1) is 0 Å². The molecule has 16 heavy (non-hydrogen) atoms. The molecule has 1 aliphatic heterocycles. The zero-order chi connectivity index (χ0) is 11.6. The summed E-state index contributed by atoms with van der Waals surface area (Å²) >= 11 is -0.505. The first-order chi connectivity index (χ1) is 7.64. The summed E-state index contributed by atoms with van der Waals surface area (Å²) in [6, 6.07) is 9.31. The van der Waals surface area contributed by atoms with Gasteiger partial charge in [-0.2, -0.15) is 0 Å². The maximum atomic E-state index is 14.4. The van der Waals surface area contributed by atoms with Crippen LogP contribution in [0.2, 0.25) is 0 Å². The van der Waals surface area contributed by atoms with Gasteiger partial charge in [-0.3, -0.25) is 0 Å². The van der Waals surface area contributed by atoms with Crippen molar-refractivity contribution >= 4 is 25.4 Å². The van der Waals surface area contributed by atoms with Crippen LogP contribution in [0.4, 0.5) is 4.39 Å². The number of carbonyl (C=O) groups excluding carboxylic acids is 1. The molecular weight excluding hydrogens is 274 g/mol. The molecule has 1 fully saturated rings. The number of carbonyl (C=O) groups is 1. The Balaban J connectivity index is 2.12. The van der Waals surface area contributed by atoms with E-state index in [1.165, 1.54) is 0 Å². The van der Waals surface area contributed by atoms with E-state index in [9.17, 15) is 9.18 Å². The van der Waals surface area contributed by atoms with Crippen molar-refractivity contribution in [3.05, 3.63) is 30.3 Å². The number of esters is 1. The van der Waals surface area contributed by atoms with Crippen LogP contribution < -0.4 is 4.46 Å². The summed E-state index contributed by atoms with van der Waals surface area (Å²) in [5.74, 6) is -0.678. The second-order valence-corrected chi connectivity index (χ2v) is 6.56. The monoisotopic (exact) mass is 288 g/mol. The van der Waals surface area contributed by atoms with Crippen LogP contribution in [0, 0.1) is 0 Å². The molecule has 0 bridgehead atoms. The van der Waals surface area contributed by atoms with Crippen LogP contribution in [-0.2, 0) is 9.53 Å². The van der Waals surface area contributed by atoms with E-state index in [1.807, 2.05) is 37.3 Å². The number of hydrogen-bond acceptors (Lipinski definition) is 2. The van der Waals surface area contributed by atoms with Crippen LogP contribution in [0.5, 0.6) is 0 Å². The van der Waals surface area contributed by atoms with Crippen LogP contribution in [-0.4, -0.2) is 31.6 Å². The molecule has 1 saturated heterocycles. The second kappa shape index (κ2) is 4.56. The van der Waals surface area contributed by atoms with Crippen molar-refractivity contribution < 1.29 is 13.9 Å². The summed E-state index contributed by atoms with van der Waals surface area (Å²) in [7, 11) is 0. The van der Waals surface area contributed by atoms with Gasteiger partial charge in [0.25, 0.3) is 0 Å². The summed E-state index contributed by atoms with van der Waals surface area (Å²) in [4.78, 5) is 11.5. The summed E-state index contributed by atoms with van der Waals surface area (Å²) in [6.45, 7) is 1.90. The van der Waals surface area contributed by atoms with Crippen molar-refractivity contribution in [2.45, 2.75) is 30.4 Å². The van der Waals surface area contributed by atoms with Gasteiger partial charge < -0.3 is 0 Å². The third-order valence-electron chi connectivity index (χ3n) is 2.55. The molecule has 1 aromatic carbocycles. The normalized spacial score (nSPS) is 29.1. The number of halogens is 1. The zero-order valence-electron chi connectivity index (χ0n) is 8.98. The Morgan fingerprint density at radius 2 is 2.19 bits per heavy atom. The molecule has 86 valence electrons. The predicted octanol–water partition coefficient (Wildman–Crippen LogP) is 1.41. The Kier molecular flexibility index (Phi) is 3.31. The van der Waals surface area contributed by atoms with Gasteiger partial charge in [-0.25, -0.2) is 0 Å². The second-order valence-electron chi connectivity index (χ2n) is 3.78. The van der Waals surface area contributed by atoms with Crippen LogP contribution in [0.15, 0.2) is 30.3 Å². The van der Waals surface area contributed by atoms with Gasteiger partial charge in [0.1, 0.15) is 0 Å². The topological polar surface area (TPSA) is 26.3 Å².